The highest BCUT2D eigenvalue weighted by Crippen LogP contribution is 2.20. The molecule has 0 saturated heterocycles. The summed E-state index contributed by atoms with van der Waals surface area (Å²) in [6.45, 7) is 3.84. The predicted octanol–water partition coefficient (Wildman–Crippen LogP) is 1.47. The fourth-order valence-electron chi connectivity index (χ4n) is 1.14. The summed E-state index contributed by atoms with van der Waals surface area (Å²) < 4.78 is 5.10. The summed E-state index contributed by atoms with van der Waals surface area (Å²) in [7, 11) is 0. The average Bonchev–Trinajstić information content (AvgIpc) is 2.68. The number of hydrogen-bond acceptors (Lipinski definition) is 6. The van der Waals surface area contributed by atoms with E-state index >= 15 is 0 Å². The molecule has 0 bridgehead atoms. The zero-order valence-corrected chi connectivity index (χ0v) is 9.41. The largest absolute Gasteiger partial charge is 0.339 e. The van der Waals surface area contributed by atoms with Gasteiger partial charge >= 0.3 is 0 Å². The zero-order chi connectivity index (χ0) is 10.9. The third-order valence-corrected chi connectivity index (χ3v) is 2.50. The average molecular weight is 224 g/mol. The monoisotopic (exact) mass is 224 g/mol. The van der Waals surface area contributed by atoms with Crippen molar-refractivity contribution in [3.8, 4) is 10.7 Å². The zero-order valence-electron chi connectivity index (χ0n) is 8.60. The van der Waals surface area contributed by atoms with Crippen molar-refractivity contribution in [1.82, 2.24) is 15.1 Å². The van der Waals surface area contributed by atoms with Crippen molar-refractivity contribution in [3.63, 3.8) is 0 Å². The first-order valence-corrected chi connectivity index (χ1v) is 5.43. The van der Waals surface area contributed by atoms with E-state index in [-0.39, 0.29) is 5.54 Å². The van der Waals surface area contributed by atoms with E-state index in [0.717, 1.165) is 4.88 Å². The van der Waals surface area contributed by atoms with Gasteiger partial charge < -0.3 is 10.3 Å². The first kappa shape index (κ1) is 10.3. The highest BCUT2D eigenvalue weighted by Gasteiger charge is 2.17. The molecule has 0 amide bonds. The van der Waals surface area contributed by atoms with Crippen LogP contribution in [0.25, 0.3) is 10.7 Å². The van der Waals surface area contributed by atoms with E-state index in [9.17, 15) is 0 Å². The van der Waals surface area contributed by atoms with Crippen LogP contribution in [0.3, 0.4) is 0 Å². The summed E-state index contributed by atoms with van der Waals surface area (Å²) in [5.41, 5.74) is 7.26. The van der Waals surface area contributed by atoms with Crippen LogP contribution in [0, 0.1) is 0 Å². The Morgan fingerprint density at radius 2 is 2.33 bits per heavy atom. The minimum Gasteiger partial charge on any atom is -0.339 e. The molecule has 0 aliphatic carbocycles. The van der Waals surface area contributed by atoms with Crippen LogP contribution in [0.1, 0.15) is 19.7 Å². The molecule has 0 saturated carbocycles. The molecule has 0 atom stereocenters. The van der Waals surface area contributed by atoms with Gasteiger partial charge in [-0.1, -0.05) is 5.16 Å². The van der Waals surface area contributed by atoms with Gasteiger partial charge in [-0.05, 0) is 13.8 Å². The molecular formula is C9H12N4OS. The molecule has 0 aliphatic heterocycles. The summed E-state index contributed by atoms with van der Waals surface area (Å²) in [6.07, 6.45) is 2.28. The lowest BCUT2D eigenvalue weighted by atomic mass is 10.0. The first-order chi connectivity index (χ1) is 7.04. The highest BCUT2D eigenvalue weighted by atomic mass is 32.1. The third-order valence-electron chi connectivity index (χ3n) is 1.73. The lowest BCUT2D eigenvalue weighted by Crippen LogP contribution is -2.34. The minimum atomic E-state index is -0.336. The molecule has 6 heteroatoms. The summed E-state index contributed by atoms with van der Waals surface area (Å²) in [5, 5.41) is 3.87. The van der Waals surface area contributed by atoms with Gasteiger partial charge in [0, 0.05) is 18.2 Å². The molecule has 5 nitrogen and oxygen atoms in total. The molecule has 80 valence electrons. The lowest BCUT2D eigenvalue weighted by molar-refractivity contribution is 0.348. The quantitative estimate of drug-likeness (QED) is 0.854. The molecule has 2 aromatic heterocycles. The standard InChI is InChI=1S/C9H12N4OS/c1-9(2,10)3-7-12-8(13-14-7)6-4-11-5-15-6/h4-5H,3,10H2,1-2H3. The van der Waals surface area contributed by atoms with Gasteiger partial charge in [0.25, 0.3) is 0 Å². The van der Waals surface area contributed by atoms with Crippen LogP contribution in [0.4, 0.5) is 0 Å². The smallest absolute Gasteiger partial charge is 0.228 e. The van der Waals surface area contributed by atoms with Crippen LogP contribution in [-0.2, 0) is 6.42 Å². The third kappa shape index (κ3) is 2.60. The Hall–Kier alpha value is -1.27. The second kappa shape index (κ2) is 3.71. The van der Waals surface area contributed by atoms with Crippen molar-refractivity contribution >= 4 is 11.3 Å². The highest BCUT2D eigenvalue weighted by molar-refractivity contribution is 7.13. The van der Waals surface area contributed by atoms with Gasteiger partial charge in [0.2, 0.25) is 11.7 Å². The second-order valence-electron chi connectivity index (χ2n) is 4.04. The van der Waals surface area contributed by atoms with E-state index < -0.39 is 0 Å². The Morgan fingerprint density at radius 3 is 2.93 bits per heavy atom. The Bertz CT molecular complexity index is 429. The van der Waals surface area contributed by atoms with Gasteiger partial charge in [-0.15, -0.1) is 11.3 Å². The molecule has 2 heterocycles. The summed E-state index contributed by atoms with van der Waals surface area (Å²) in [6, 6.07) is 0. The maximum atomic E-state index is 5.86. The molecule has 0 unspecified atom stereocenters. The normalized spacial score (nSPS) is 11.9. The molecule has 0 aliphatic rings. The van der Waals surface area contributed by atoms with Gasteiger partial charge in [-0.25, -0.2) is 0 Å². The molecule has 15 heavy (non-hydrogen) atoms. The minimum absolute atomic E-state index is 0.336. The van der Waals surface area contributed by atoms with E-state index in [0.29, 0.717) is 18.1 Å². The van der Waals surface area contributed by atoms with Gasteiger partial charge in [-0.3, -0.25) is 4.98 Å². The van der Waals surface area contributed by atoms with E-state index in [2.05, 4.69) is 15.1 Å². The van der Waals surface area contributed by atoms with Crippen LogP contribution in [0.5, 0.6) is 0 Å². The van der Waals surface area contributed by atoms with Crippen molar-refractivity contribution < 1.29 is 4.52 Å². The van der Waals surface area contributed by atoms with Crippen molar-refractivity contribution in [2.24, 2.45) is 5.73 Å². The van der Waals surface area contributed by atoms with Crippen molar-refractivity contribution in [3.05, 3.63) is 17.6 Å². The van der Waals surface area contributed by atoms with Crippen LogP contribution in [0.15, 0.2) is 16.2 Å². The van der Waals surface area contributed by atoms with Crippen molar-refractivity contribution in [2.75, 3.05) is 0 Å². The number of thiazole rings is 1. The van der Waals surface area contributed by atoms with Gasteiger partial charge in [0.1, 0.15) is 0 Å². The van der Waals surface area contributed by atoms with Crippen LogP contribution < -0.4 is 5.73 Å². The molecule has 0 radical (unpaired) electrons. The van der Waals surface area contributed by atoms with Crippen molar-refractivity contribution in [2.45, 2.75) is 25.8 Å². The van der Waals surface area contributed by atoms with E-state index in [1.807, 2.05) is 13.8 Å². The van der Waals surface area contributed by atoms with Gasteiger partial charge in [0.05, 0.1) is 10.4 Å². The van der Waals surface area contributed by atoms with Crippen LogP contribution in [0.2, 0.25) is 0 Å². The molecule has 2 rings (SSSR count). The van der Waals surface area contributed by atoms with E-state index in [4.69, 9.17) is 10.3 Å². The Labute approximate surface area is 91.3 Å². The number of hydrogen-bond donors (Lipinski definition) is 1. The Balaban J connectivity index is 2.18. The number of nitrogens with two attached hydrogens (primary N) is 1. The summed E-state index contributed by atoms with van der Waals surface area (Å²) in [5.74, 6) is 1.14. The van der Waals surface area contributed by atoms with Crippen LogP contribution in [-0.4, -0.2) is 20.7 Å². The molecule has 0 spiro atoms. The first-order valence-electron chi connectivity index (χ1n) is 4.55. The molecular weight excluding hydrogens is 212 g/mol. The number of aromatic nitrogens is 3. The number of nitrogens with zero attached hydrogens (tertiary/aromatic N) is 3. The van der Waals surface area contributed by atoms with E-state index in [1.165, 1.54) is 11.3 Å². The van der Waals surface area contributed by atoms with Crippen molar-refractivity contribution in [1.29, 1.82) is 0 Å². The molecule has 2 aromatic rings. The Kier molecular flexibility index (Phi) is 2.54. The maximum Gasteiger partial charge on any atom is 0.228 e. The summed E-state index contributed by atoms with van der Waals surface area (Å²) >= 11 is 1.48. The predicted molar refractivity (Wildman–Crippen MR) is 57.4 cm³/mol. The topological polar surface area (TPSA) is 77.8 Å². The molecule has 2 N–H and O–H groups in total. The SMILES string of the molecule is CC(C)(N)Cc1nc(-c2cncs2)no1. The lowest BCUT2D eigenvalue weighted by Gasteiger charge is -2.14. The maximum absolute atomic E-state index is 5.86. The summed E-state index contributed by atoms with van der Waals surface area (Å²) in [4.78, 5) is 9.11. The molecule has 0 aromatic carbocycles. The fourth-order valence-corrected chi connectivity index (χ4v) is 1.69. The fraction of sp³-hybridized carbons (Fsp3) is 0.444. The number of rotatable bonds is 3. The second-order valence-corrected chi connectivity index (χ2v) is 4.93. The van der Waals surface area contributed by atoms with Crippen LogP contribution >= 0.6 is 11.3 Å². The Morgan fingerprint density at radius 1 is 1.53 bits per heavy atom. The molecule has 0 fully saturated rings. The van der Waals surface area contributed by atoms with E-state index in [1.54, 1.807) is 11.7 Å². The van der Waals surface area contributed by atoms with Gasteiger partial charge in [-0.2, -0.15) is 4.98 Å². The van der Waals surface area contributed by atoms with Gasteiger partial charge in [0.15, 0.2) is 0 Å².